The van der Waals surface area contributed by atoms with Crippen LogP contribution in [0.4, 0.5) is 0 Å². The number of nitrogens with one attached hydrogen (secondary N) is 1. The lowest BCUT2D eigenvalue weighted by Gasteiger charge is -2.03. The van der Waals surface area contributed by atoms with Crippen LogP contribution in [0, 0.1) is 0 Å². The minimum Gasteiger partial charge on any atom is -0.311 e. The molecule has 15 heavy (non-hydrogen) atoms. The van der Waals surface area contributed by atoms with Crippen molar-refractivity contribution < 1.29 is 0 Å². The second kappa shape index (κ2) is 4.22. The number of hydrogen-bond acceptors (Lipinski definition) is 4. The van der Waals surface area contributed by atoms with E-state index < -0.39 is 0 Å². The fraction of sp³-hybridized carbons (Fsp3) is 0.444. The number of rotatable bonds is 4. The summed E-state index contributed by atoms with van der Waals surface area (Å²) in [7, 11) is 1.88. The van der Waals surface area contributed by atoms with Crippen LogP contribution in [0.3, 0.4) is 0 Å². The summed E-state index contributed by atoms with van der Waals surface area (Å²) in [6.07, 6.45) is 5.43. The van der Waals surface area contributed by atoms with Gasteiger partial charge in [0, 0.05) is 13.6 Å². The topological polar surface area (TPSA) is 60.6 Å². The normalized spacial score (nSPS) is 10.8. The Kier molecular flexibility index (Phi) is 2.77. The molecule has 0 aliphatic carbocycles. The van der Waals surface area contributed by atoms with Gasteiger partial charge in [-0.05, 0) is 6.54 Å². The Morgan fingerprint density at radius 2 is 2.27 bits per heavy atom. The van der Waals surface area contributed by atoms with Gasteiger partial charge in [-0.2, -0.15) is 5.10 Å². The summed E-state index contributed by atoms with van der Waals surface area (Å²) in [4.78, 5) is 0. The second-order valence-corrected chi connectivity index (χ2v) is 3.29. The summed E-state index contributed by atoms with van der Waals surface area (Å²) < 4.78 is 3.53. The van der Waals surface area contributed by atoms with Crippen molar-refractivity contribution in [3.8, 4) is 5.69 Å². The minimum atomic E-state index is 0.762. The molecule has 1 N–H and O–H groups in total. The van der Waals surface area contributed by atoms with Crippen molar-refractivity contribution >= 4 is 0 Å². The Bertz CT molecular complexity index is 429. The first-order valence-electron chi connectivity index (χ1n) is 4.90. The van der Waals surface area contributed by atoms with Crippen LogP contribution in [-0.2, 0) is 13.6 Å². The maximum atomic E-state index is 4.10. The van der Waals surface area contributed by atoms with Crippen LogP contribution >= 0.6 is 0 Å². The third-order valence-electron chi connectivity index (χ3n) is 2.11. The number of nitrogens with zero attached hydrogens (tertiary/aromatic N) is 5. The van der Waals surface area contributed by atoms with Crippen molar-refractivity contribution in [1.29, 1.82) is 0 Å². The van der Waals surface area contributed by atoms with Crippen LogP contribution in [0.1, 0.15) is 12.6 Å². The molecule has 0 saturated heterocycles. The minimum absolute atomic E-state index is 0.762. The zero-order valence-electron chi connectivity index (χ0n) is 8.88. The summed E-state index contributed by atoms with van der Waals surface area (Å²) in [5.41, 5.74) is 1.97. The third-order valence-corrected chi connectivity index (χ3v) is 2.11. The molecule has 0 aromatic carbocycles. The van der Waals surface area contributed by atoms with Gasteiger partial charge in [0.15, 0.2) is 0 Å². The molecule has 2 aromatic rings. The first-order valence-corrected chi connectivity index (χ1v) is 4.90. The molecule has 2 aromatic heterocycles. The van der Waals surface area contributed by atoms with Crippen LogP contribution in [-0.4, -0.2) is 31.3 Å². The molecule has 0 fully saturated rings. The smallest absolute Gasteiger partial charge is 0.105 e. The molecule has 0 radical (unpaired) electrons. The van der Waals surface area contributed by atoms with E-state index in [2.05, 4.69) is 27.7 Å². The first kappa shape index (κ1) is 9.85. The fourth-order valence-corrected chi connectivity index (χ4v) is 1.36. The summed E-state index contributed by atoms with van der Waals surface area (Å²) in [6.45, 7) is 3.76. The molecule has 0 unspecified atom stereocenters. The highest BCUT2D eigenvalue weighted by Gasteiger charge is 2.06. The summed E-state index contributed by atoms with van der Waals surface area (Å²) >= 11 is 0. The Labute approximate surface area is 87.9 Å². The van der Waals surface area contributed by atoms with Crippen molar-refractivity contribution in [3.05, 3.63) is 24.3 Å². The van der Waals surface area contributed by atoms with Gasteiger partial charge in [0.1, 0.15) is 5.69 Å². The Balaban J connectivity index is 2.24. The van der Waals surface area contributed by atoms with Gasteiger partial charge in [0.25, 0.3) is 0 Å². The Morgan fingerprint density at radius 3 is 2.93 bits per heavy atom. The molecule has 0 aliphatic heterocycles. The Morgan fingerprint density at radius 1 is 1.40 bits per heavy atom. The lowest BCUT2D eigenvalue weighted by molar-refractivity contribution is 0.672. The third kappa shape index (κ3) is 2.04. The summed E-state index contributed by atoms with van der Waals surface area (Å²) in [6, 6.07) is 0. The largest absolute Gasteiger partial charge is 0.311 e. The van der Waals surface area contributed by atoms with Crippen molar-refractivity contribution in [2.45, 2.75) is 13.5 Å². The van der Waals surface area contributed by atoms with E-state index in [-0.39, 0.29) is 0 Å². The predicted octanol–water partition coefficient (Wildman–Crippen LogP) is 0.110. The summed E-state index contributed by atoms with van der Waals surface area (Å²) in [5, 5.41) is 15.3. The highest BCUT2D eigenvalue weighted by Crippen LogP contribution is 2.07. The van der Waals surface area contributed by atoms with Crippen LogP contribution in [0.2, 0.25) is 0 Å². The van der Waals surface area contributed by atoms with Gasteiger partial charge < -0.3 is 5.32 Å². The molecule has 0 bridgehead atoms. The molecule has 0 aliphatic rings. The monoisotopic (exact) mass is 206 g/mol. The highest BCUT2D eigenvalue weighted by atomic mass is 15.4. The standard InChI is InChI=1S/C9H14N6/c1-3-10-4-8-5-11-13-15(8)9-6-12-14(2)7-9/h5-7,10H,3-4H2,1-2H3. The van der Waals surface area contributed by atoms with Gasteiger partial charge in [-0.25, -0.2) is 4.68 Å². The fourth-order valence-electron chi connectivity index (χ4n) is 1.36. The summed E-state index contributed by atoms with van der Waals surface area (Å²) in [5.74, 6) is 0. The van der Waals surface area contributed by atoms with Crippen LogP contribution in [0.15, 0.2) is 18.6 Å². The van der Waals surface area contributed by atoms with E-state index in [0.717, 1.165) is 24.5 Å². The van der Waals surface area contributed by atoms with E-state index in [1.807, 2.05) is 13.2 Å². The molecule has 0 saturated carbocycles. The second-order valence-electron chi connectivity index (χ2n) is 3.29. The molecule has 6 heteroatoms. The lowest BCUT2D eigenvalue weighted by Crippen LogP contribution is -2.15. The molecule has 2 heterocycles. The van der Waals surface area contributed by atoms with Crippen molar-refractivity contribution in [2.75, 3.05) is 6.54 Å². The highest BCUT2D eigenvalue weighted by molar-refractivity contribution is 5.25. The van der Waals surface area contributed by atoms with Gasteiger partial charge in [0.2, 0.25) is 0 Å². The molecule has 80 valence electrons. The van der Waals surface area contributed by atoms with E-state index in [1.54, 1.807) is 21.8 Å². The van der Waals surface area contributed by atoms with Crippen molar-refractivity contribution in [3.63, 3.8) is 0 Å². The average Bonchev–Trinajstić information content (AvgIpc) is 2.82. The molecular formula is C9H14N6. The number of aryl methyl sites for hydroxylation is 1. The predicted molar refractivity (Wildman–Crippen MR) is 55.5 cm³/mol. The zero-order chi connectivity index (χ0) is 10.7. The maximum absolute atomic E-state index is 4.10. The van der Waals surface area contributed by atoms with Gasteiger partial charge in [-0.15, -0.1) is 5.10 Å². The molecule has 0 atom stereocenters. The average molecular weight is 206 g/mol. The molecular weight excluding hydrogens is 192 g/mol. The Hall–Kier alpha value is -1.69. The maximum Gasteiger partial charge on any atom is 0.105 e. The number of aromatic nitrogens is 5. The van der Waals surface area contributed by atoms with Crippen molar-refractivity contribution in [1.82, 2.24) is 30.1 Å². The SMILES string of the molecule is CCNCc1cnnn1-c1cnn(C)c1. The lowest BCUT2D eigenvalue weighted by atomic mass is 10.4. The van der Waals surface area contributed by atoms with E-state index in [1.165, 1.54) is 0 Å². The van der Waals surface area contributed by atoms with E-state index in [9.17, 15) is 0 Å². The quantitative estimate of drug-likeness (QED) is 0.771. The van der Waals surface area contributed by atoms with Gasteiger partial charge in [0.05, 0.1) is 24.3 Å². The van der Waals surface area contributed by atoms with E-state index in [0.29, 0.717) is 0 Å². The van der Waals surface area contributed by atoms with Crippen LogP contribution in [0.5, 0.6) is 0 Å². The first-order chi connectivity index (χ1) is 7.31. The molecule has 6 nitrogen and oxygen atoms in total. The van der Waals surface area contributed by atoms with Crippen LogP contribution < -0.4 is 5.32 Å². The van der Waals surface area contributed by atoms with Gasteiger partial charge in [-0.3, -0.25) is 4.68 Å². The van der Waals surface area contributed by atoms with Crippen LogP contribution in [0.25, 0.3) is 5.69 Å². The van der Waals surface area contributed by atoms with E-state index >= 15 is 0 Å². The van der Waals surface area contributed by atoms with E-state index in [4.69, 9.17) is 0 Å². The van der Waals surface area contributed by atoms with Gasteiger partial charge >= 0.3 is 0 Å². The molecule has 0 spiro atoms. The number of hydrogen-bond donors (Lipinski definition) is 1. The zero-order valence-corrected chi connectivity index (χ0v) is 8.88. The molecule has 2 rings (SSSR count). The van der Waals surface area contributed by atoms with Gasteiger partial charge in [-0.1, -0.05) is 12.1 Å². The molecule has 0 amide bonds. The van der Waals surface area contributed by atoms with Crippen molar-refractivity contribution in [2.24, 2.45) is 7.05 Å².